The van der Waals surface area contributed by atoms with Crippen LogP contribution in [0.25, 0.3) is 17.1 Å². The van der Waals surface area contributed by atoms with E-state index in [-0.39, 0.29) is 17.4 Å². The first-order valence-corrected chi connectivity index (χ1v) is 12.3. The lowest BCUT2D eigenvalue weighted by molar-refractivity contribution is -0.125. The van der Waals surface area contributed by atoms with E-state index in [1.165, 1.54) is 24.2 Å². The minimum absolute atomic E-state index is 0.0783. The Morgan fingerprint density at radius 2 is 1.71 bits per heavy atom. The summed E-state index contributed by atoms with van der Waals surface area (Å²) in [5.74, 6) is 0.471. The minimum atomic E-state index is -0.574. The molecule has 2 heterocycles. The maximum atomic E-state index is 12.8. The number of pyridine rings is 1. The quantitative estimate of drug-likeness (QED) is 0.355. The average molecular weight is 486 g/mol. The standard InChI is InChI=1S/C27H27N5O2S/c1-18-9-10-23(15-19(18)2)32-26(22-11-13-28-14-12-22)30-31-27(32)35-17-25(34)29-24(20(3)33)16-21-7-5-4-6-8-21/h4-15,24H,16-17H2,1-3H3,(H,29,34). The molecule has 1 unspecified atom stereocenters. The van der Waals surface area contributed by atoms with Gasteiger partial charge in [-0.1, -0.05) is 48.2 Å². The molecular formula is C27H27N5O2S. The molecule has 1 atom stereocenters. The lowest BCUT2D eigenvalue weighted by atomic mass is 10.0. The molecule has 0 saturated heterocycles. The summed E-state index contributed by atoms with van der Waals surface area (Å²) in [5, 5.41) is 12.3. The Hall–Kier alpha value is -3.78. The van der Waals surface area contributed by atoms with E-state index in [1.54, 1.807) is 12.4 Å². The SMILES string of the molecule is CC(=O)C(Cc1ccccc1)NC(=O)CSc1nnc(-c2ccncc2)n1-c1ccc(C)c(C)c1. The number of nitrogens with zero attached hydrogens (tertiary/aromatic N) is 4. The van der Waals surface area contributed by atoms with E-state index in [1.807, 2.05) is 53.1 Å². The van der Waals surface area contributed by atoms with Crippen molar-refractivity contribution in [2.45, 2.75) is 38.4 Å². The van der Waals surface area contributed by atoms with Crippen molar-refractivity contribution in [3.8, 4) is 17.1 Å². The number of carbonyl (C=O) groups excluding carboxylic acids is 2. The highest BCUT2D eigenvalue weighted by Crippen LogP contribution is 2.28. The Morgan fingerprint density at radius 3 is 2.40 bits per heavy atom. The largest absolute Gasteiger partial charge is 0.345 e. The second kappa shape index (κ2) is 11.1. The van der Waals surface area contributed by atoms with Gasteiger partial charge in [-0.05, 0) is 68.1 Å². The summed E-state index contributed by atoms with van der Waals surface area (Å²) in [6.07, 6.45) is 3.88. The summed E-state index contributed by atoms with van der Waals surface area (Å²) < 4.78 is 1.95. The fourth-order valence-corrected chi connectivity index (χ4v) is 4.42. The van der Waals surface area contributed by atoms with Crippen LogP contribution in [0.5, 0.6) is 0 Å². The van der Waals surface area contributed by atoms with Crippen LogP contribution in [-0.4, -0.2) is 43.2 Å². The van der Waals surface area contributed by atoms with Crippen LogP contribution < -0.4 is 5.32 Å². The molecule has 2 aromatic heterocycles. The number of Topliss-reactive ketones (excluding diaryl/α,β-unsaturated/α-hetero) is 1. The van der Waals surface area contributed by atoms with Crippen molar-refractivity contribution in [1.29, 1.82) is 0 Å². The van der Waals surface area contributed by atoms with Gasteiger partial charge in [0.2, 0.25) is 5.91 Å². The maximum Gasteiger partial charge on any atom is 0.231 e. The monoisotopic (exact) mass is 485 g/mol. The van der Waals surface area contributed by atoms with Crippen LogP contribution in [0.3, 0.4) is 0 Å². The van der Waals surface area contributed by atoms with Crippen molar-refractivity contribution in [3.05, 3.63) is 89.7 Å². The zero-order valence-electron chi connectivity index (χ0n) is 19.9. The highest BCUT2D eigenvalue weighted by molar-refractivity contribution is 7.99. The van der Waals surface area contributed by atoms with Gasteiger partial charge < -0.3 is 5.32 Å². The highest BCUT2D eigenvalue weighted by Gasteiger charge is 2.21. The number of aromatic nitrogens is 4. The number of nitrogens with one attached hydrogen (secondary N) is 1. The van der Waals surface area contributed by atoms with E-state index in [0.717, 1.165) is 22.4 Å². The van der Waals surface area contributed by atoms with Gasteiger partial charge in [0.25, 0.3) is 0 Å². The lowest BCUT2D eigenvalue weighted by Gasteiger charge is -2.16. The van der Waals surface area contributed by atoms with Gasteiger partial charge in [-0.15, -0.1) is 10.2 Å². The average Bonchev–Trinajstić information content (AvgIpc) is 3.29. The van der Waals surface area contributed by atoms with Crippen LogP contribution in [-0.2, 0) is 16.0 Å². The zero-order valence-corrected chi connectivity index (χ0v) is 20.7. The summed E-state index contributed by atoms with van der Waals surface area (Å²) in [6.45, 7) is 5.62. The molecule has 7 nitrogen and oxygen atoms in total. The molecule has 1 amide bonds. The predicted octanol–water partition coefficient (Wildman–Crippen LogP) is 4.35. The van der Waals surface area contributed by atoms with Crippen LogP contribution in [0.2, 0.25) is 0 Å². The number of hydrogen-bond donors (Lipinski definition) is 1. The first-order valence-electron chi connectivity index (χ1n) is 11.3. The van der Waals surface area contributed by atoms with Crippen LogP contribution >= 0.6 is 11.8 Å². The summed E-state index contributed by atoms with van der Waals surface area (Å²) in [5.41, 5.74) is 5.13. The van der Waals surface area contributed by atoms with Gasteiger partial charge in [0.05, 0.1) is 17.5 Å². The van der Waals surface area contributed by atoms with Gasteiger partial charge in [-0.2, -0.15) is 0 Å². The van der Waals surface area contributed by atoms with E-state index in [0.29, 0.717) is 17.4 Å². The first kappa shape index (κ1) is 24.3. The van der Waals surface area contributed by atoms with Gasteiger partial charge in [-0.3, -0.25) is 19.1 Å². The number of benzene rings is 2. The number of thioether (sulfide) groups is 1. The Morgan fingerprint density at radius 1 is 0.971 bits per heavy atom. The molecule has 0 aliphatic carbocycles. The normalized spacial score (nSPS) is 11.7. The van der Waals surface area contributed by atoms with E-state index < -0.39 is 6.04 Å². The van der Waals surface area contributed by atoms with E-state index >= 15 is 0 Å². The second-order valence-electron chi connectivity index (χ2n) is 8.36. The number of aryl methyl sites for hydroxylation is 2. The third-order valence-corrected chi connectivity index (χ3v) is 6.69. The fourth-order valence-electron chi connectivity index (χ4n) is 3.66. The molecular weight excluding hydrogens is 458 g/mol. The molecule has 4 rings (SSSR count). The van der Waals surface area contributed by atoms with Gasteiger partial charge in [-0.25, -0.2) is 0 Å². The fraction of sp³-hybridized carbons (Fsp3) is 0.222. The molecule has 0 aliphatic heterocycles. The summed E-state index contributed by atoms with van der Waals surface area (Å²) in [7, 11) is 0. The number of rotatable bonds is 9. The molecule has 2 aromatic carbocycles. The minimum Gasteiger partial charge on any atom is -0.345 e. The summed E-state index contributed by atoms with van der Waals surface area (Å²) in [4.78, 5) is 29.1. The number of carbonyl (C=O) groups is 2. The molecule has 8 heteroatoms. The van der Waals surface area contributed by atoms with Crippen molar-refractivity contribution in [2.75, 3.05) is 5.75 Å². The van der Waals surface area contributed by atoms with Crippen LogP contribution in [0.4, 0.5) is 0 Å². The number of amides is 1. The molecule has 0 saturated carbocycles. The van der Waals surface area contributed by atoms with Gasteiger partial charge >= 0.3 is 0 Å². The third kappa shape index (κ3) is 6.02. The Balaban J connectivity index is 1.54. The first-order chi connectivity index (χ1) is 16.9. The highest BCUT2D eigenvalue weighted by atomic mass is 32.2. The number of ketones is 1. The lowest BCUT2D eigenvalue weighted by Crippen LogP contribution is -2.42. The molecule has 0 bridgehead atoms. The number of hydrogen-bond acceptors (Lipinski definition) is 6. The van der Waals surface area contributed by atoms with Crippen molar-refractivity contribution < 1.29 is 9.59 Å². The Bertz CT molecular complexity index is 1320. The maximum absolute atomic E-state index is 12.8. The van der Waals surface area contributed by atoms with Gasteiger partial charge in [0.15, 0.2) is 16.8 Å². The molecule has 0 spiro atoms. The summed E-state index contributed by atoms with van der Waals surface area (Å²) in [6, 6.07) is 19.0. The topological polar surface area (TPSA) is 89.8 Å². The van der Waals surface area contributed by atoms with Crippen molar-refractivity contribution >= 4 is 23.5 Å². The Labute approximate surface area is 209 Å². The Kier molecular flexibility index (Phi) is 7.72. The molecule has 178 valence electrons. The van der Waals surface area contributed by atoms with E-state index in [4.69, 9.17) is 0 Å². The second-order valence-corrected chi connectivity index (χ2v) is 9.30. The van der Waals surface area contributed by atoms with Crippen molar-refractivity contribution in [2.24, 2.45) is 0 Å². The molecule has 0 radical (unpaired) electrons. The van der Waals surface area contributed by atoms with Crippen molar-refractivity contribution in [1.82, 2.24) is 25.1 Å². The molecule has 0 aliphatic rings. The van der Waals surface area contributed by atoms with Gasteiger partial charge in [0, 0.05) is 18.0 Å². The van der Waals surface area contributed by atoms with Crippen LogP contribution in [0, 0.1) is 13.8 Å². The zero-order chi connectivity index (χ0) is 24.8. The van der Waals surface area contributed by atoms with E-state index in [2.05, 4.69) is 46.5 Å². The van der Waals surface area contributed by atoms with Crippen molar-refractivity contribution in [3.63, 3.8) is 0 Å². The molecule has 4 aromatic rings. The third-order valence-electron chi connectivity index (χ3n) is 5.76. The molecule has 0 fully saturated rings. The van der Waals surface area contributed by atoms with E-state index in [9.17, 15) is 9.59 Å². The predicted molar refractivity (Wildman–Crippen MR) is 138 cm³/mol. The van der Waals surface area contributed by atoms with Gasteiger partial charge in [0.1, 0.15) is 0 Å². The molecule has 1 N–H and O–H groups in total. The smallest absolute Gasteiger partial charge is 0.231 e. The molecule has 35 heavy (non-hydrogen) atoms. The summed E-state index contributed by atoms with van der Waals surface area (Å²) >= 11 is 1.29. The van der Waals surface area contributed by atoms with Crippen LogP contribution in [0.15, 0.2) is 78.2 Å². The van der Waals surface area contributed by atoms with Crippen LogP contribution in [0.1, 0.15) is 23.6 Å².